The van der Waals surface area contributed by atoms with E-state index < -0.39 is 0 Å². The first kappa shape index (κ1) is 22.0. The van der Waals surface area contributed by atoms with Crippen molar-refractivity contribution in [2.45, 2.75) is 32.7 Å². The molecule has 31 heavy (non-hydrogen) atoms. The molecule has 1 aliphatic carbocycles. The molecule has 2 heterocycles. The van der Waals surface area contributed by atoms with Gasteiger partial charge in [-0.05, 0) is 60.7 Å². The summed E-state index contributed by atoms with van der Waals surface area (Å²) < 4.78 is 7.93. The van der Waals surface area contributed by atoms with Gasteiger partial charge in [-0.3, -0.25) is 4.68 Å². The average molecular weight is 519 g/mol. The number of carbonyl (C=O) groups is 1. The molecule has 1 atom stereocenters. The van der Waals surface area contributed by atoms with Gasteiger partial charge >= 0.3 is 5.97 Å². The lowest BCUT2D eigenvalue weighted by Crippen LogP contribution is -2.21. The number of hydrogen-bond donors (Lipinski definition) is 2. The van der Waals surface area contributed by atoms with Crippen LogP contribution in [0.3, 0.4) is 0 Å². The number of ether oxygens (including phenoxy) is 1. The number of nitrogens with one attached hydrogen (secondary N) is 2. The molecular formula is C22H23BrN4O2S2. The number of thiocarbonyl (C=S) groups is 1. The summed E-state index contributed by atoms with van der Waals surface area (Å²) in [6, 6.07) is 10.0. The van der Waals surface area contributed by atoms with Gasteiger partial charge in [0.1, 0.15) is 5.00 Å². The van der Waals surface area contributed by atoms with E-state index in [0.29, 0.717) is 29.0 Å². The van der Waals surface area contributed by atoms with Gasteiger partial charge < -0.3 is 15.4 Å². The van der Waals surface area contributed by atoms with Crippen LogP contribution in [-0.4, -0.2) is 28.0 Å². The van der Waals surface area contributed by atoms with Gasteiger partial charge in [0.2, 0.25) is 0 Å². The van der Waals surface area contributed by atoms with Crippen molar-refractivity contribution in [2.75, 3.05) is 17.7 Å². The molecule has 0 fully saturated rings. The van der Waals surface area contributed by atoms with Gasteiger partial charge in [-0.25, -0.2) is 4.79 Å². The summed E-state index contributed by atoms with van der Waals surface area (Å²) >= 11 is 10.5. The van der Waals surface area contributed by atoms with Crippen LogP contribution in [0.1, 0.15) is 39.7 Å². The van der Waals surface area contributed by atoms with Crippen molar-refractivity contribution in [1.29, 1.82) is 0 Å². The fraction of sp³-hybridized carbons (Fsp3) is 0.318. The van der Waals surface area contributed by atoms with Crippen LogP contribution in [0.15, 0.2) is 41.0 Å². The van der Waals surface area contributed by atoms with E-state index in [1.54, 1.807) is 11.3 Å². The number of rotatable bonds is 5. The molecule has 0 bridgehead atoms. The monoisotopic (exact) mass is 518 g/mol. The molecule has 1 unspecified atom stereocenters. The molecule has 0 aliphatic heterocycles. The second kappa shape index (κ2) is 9.50. The normalized spacial score (nSPS) is 15.3. The number of nitrogens with zero attached hydrogens (tertiary/aromatic N) is 2. The molecule has 3 aromatic rings. The van der Waals surface area contributed by atoms with Crippen LogP contribution in [0.4, 0.5) is 10.8 Å². The number of halogens is 1. The Hall–Kier alpha value is -2.23. The summed E-state index contributed by atoms with van der Waals surface area (Å²) in [4.78, 5) is 13.7. The Kier molecular flexibility index (Phi) is 6.74. The molecule has 1 aliphatic rings. The summed E-state index contributed by atoms with van der Waals surface area (Å²) in [5.41, 5.74) is 2.86. The van der Waals surface area contributed by atoms with Crippen molar-refractivity contribution >= 4 is 61.4 Å². The zero-order chi connectivity index (χ0) is 22.0. The molecule has 9 heteroatoms. The van der Waals surface area contributed by atoms with E-state index >= 15 is 0 Å². The van der Waals surface area contributed by atoms with Crippen LogP contribution in [0, 0.1) is 5.92 Å². The Balaban J connectivity index is 1.45. The lowest BCUT2D eigenvalue weighted by Gasteiger charge is -2.18. The number of esters is 1. The molecule has 2 aromatic heterocycles. The predicted octanol–water partition coefficient (Wildman–Crippen LogP) is 5.48. The van der Waals surface area contributed by atoms with Crippen molar-refractivity contribution in [3.8, 4) is 0 Å². The summed E-state index contributed by atoms with van der Waals surface area (Å²) in [6.07, 6.45) is 4.84. The zero-order valence-electron chi connectivity index (χ0n) is 17.3. The molecule has 0 saturated heterocycles. The van der Waals surface area contributed by atoms with Gasteiger partial charge in [0, 0.05) is 21.6 Å². The lowest BCUT2D eigenvalue weighted by molar-refractivity contribution is 0.0601. The van der Waals surface area contributed by atoms with Gasteiger partial charge in [-0.1, -0.05) is 35.0 Å². The van der Waals surface area contributed by atoms with E-state index in [-0.39, 0.29) is 5.97 Å². The Labute approximate surface area is 199 Å². The standard InChI is InChI=1S/C22H23BrN4O2S2/c1-13-3-8-16-17(11-13)31-20(19(16)21(28)29-2)25-22(30)24-18-9-10-27(26-18)12-14-4-6-15(23)7-5-14/h4-7,9-10,13H,3,8,11-12H2,1-2H3,(H2,24,25,26,30). The van der Waals surface area contributed by atoms with Crippen molar-refractivity contribution < 1.29 is 9.53 Å². The number of thiophene rings is 1. The Morgan fingerprint density at radius 2 is 2.10 bits per heavy atom. The molecule has 4 rings (SSSR count). The predicted molar refractivity (Wildman–Crippen MR) is 132 cm³/mol. The maximum absolute atomic E-state index is 12.4. The number of hydrogen-bond acceptors (Lipinski definition) is 5. The van der Waals surface area contributed by atoms with E-state index in [1.807, 2.05) is 29.1 Å². The highest BCUT2D eigenvalue weighted by atomic mass is 79.9. The molecule has 162 valence electrons. The van der Waals surface area contributed by atoms with Crippen molar-refractivity contribution in [3.63, 3.8) is 0 Å². The van der Waals surface area contributed by atoms with Crippen LogP contribution in [0.5, 0.6) is 0 Å². The minimum Gasteiger partial charge on any atom is -0.465 e. The number of methoxy groups -OCH3 is 1. The van der Waals surface area contributed by atoms with Crippen LogP contribution in [-0.2, 0) is 24.1 Å². The maximum atomic E-state index is 12.4. The van der Waals surface area contributed by atoms with Crippen LogP contribution in [0.2, 0.25) is 0 Å². The fourth-order valence-electron chi connectivity index (χ4n) is 3.70. The van der Waals surface area contributed by atoms with Crippen molar-refractivity contribution in [2.24, 2.45) is 5.92 Å². The molecule has 1 aromatic carbocycles. The van der Waals surface area contributed by atoms with E-state index in [0.717, 1.165) is 39.9 Å². The van der Waals surface area contributed by atoms with Gasteiger partial charge in [-0.2, -0.15) is 5.10 Å². The molecule has 0 amide bonds. The number of benzene rings is 1. The third-order valence-corrected chi connectivity index (χ3v) is 7.17. The smallest absolute Gasteiger partial charge is 0.341 e. The molecule has 0 radical (unpaired) electrons. The zero-order valence-corrected chi connectivity index (χ0v) is 20.5. The first-order chi connectivity index (χ1) is 14.9. The highest BCUT2D eigenvalue weighted by Gasteiger charge is 2.28. The topological polar surface area (TPSA) is 68.2 Å². The van der Waals surface area contributed by atoms with E-state index in [2.05, 4.69) is 50.7 Å². The third kappa shape index (κ3) is 5.16. The Morgan fingerprint density at radius 1 is 1.32 bits per heavy atom. The van der Waals surface area contributed by atoms with E-state index in [4.69, 9.17) is 17.0 Å². The van der Waals surface area contributed by atoms with E-state index in [1.165, 1.54) is 12.0 Å². The van der Waals surface area contributed by atoms with Crippen molar-refractivity contribution in [1.82, 2.24) is 9.78 Å². The number of fused-ring (bicyclic) bond motifs is 1. The SMILES string of the molecule is COC(=O)c1c(NC(=S)Nc2ccn(Cc3ccc(Br)cc3)n2)sc2c1CCC(C)C2. The van der Waals surface area contributed by atoms with Crippen LogP contribution in [0.25, 0.3) is 0 Å². The first-order valence-corrected chi connectivity index (χ1v) is 12.0. The maximum Gasteiger partial charge on any atom is 0.341 e. The number of carbonyl (C=O) groups excluding carboxylic acids is 1. The van der Waals surface area contributed by atoms with E-state index in [9.17, 15) is 4.79 Å². The molecule has 0 saturated carbocycles. The fourth-order valence-corrected chi connectivity index (χ4v) is 5.64. The highest BCUT2D eigenvalue weighted by Crippen LogP contribution is 2.40. The van der Waals surface area contributed by atoms with Gasteiger partial charge in [0.25, 0.3) is 0 Å². The van der Waals surface area contributed by atoms with Crippen molar-refractivity contribution in [3.05, 3.63) is 62.6 Å². The third-order valence-electron chi connectivity index (χ3n) is 5.27. The minimum atomic E-state index is -0.323. The number of aromatic nitrogens is 2. The quantitative estimate of drug-likeness (QED) is 0.344. The van der Waals surface area contributed by atoms with Crippen LogP contribution >= 0.6 is 39.5 Å². The second-order valence-electron chi connectivity index (χ2n) is 7.65. The van der Waals surface area contributed by atoms with Gasteiger partial charge in [0.05, 0.1) is 19.2 Å². The molecule has 2 N–H and O–H groups in total. The Morgan fingerprint density at radius 3 is 2.84 bits per heavy atom. The Bertz CT molecular complexity index is 1110. The number of anilines is 2. The summed E-state index contributed by atoms with van der Waals surface area (Å²) in [6.45, 7) is 2.90. The summed E-state index contributed by atoms with van der Waals surface area (Å²) in [7, 11) is 1.41. The lowest BCUT2D eigenvalue weighted by atomic mass is 9.88. The first-order valence-electron chi connectivity index (χ1n) is 10.0. The minimum absolute atomic E-state index is 0.323. The molecule has 0 spiro atoms. The van der Waals surface area contributed by atoms with Gasteiger partial charge in [0.15, 0.2) is 10.9 Å². The van der Waals surface area contributed by atoms with Crippen LogP contribution < -0.4 is 10.6 Å². The van der Waals surface area contributed by atoms with Gasteiger partial charge in [-0.15, -0.1) is 11.3 Å². The largest absolute Gasteiger partial charge is 0.465 e. The molecule has 6 nitrogen and oxygen atoms in total. The summed E-state index contributed by atoms with van der Waals surface area (Å²) in [5, 5.41) is 12.0. The molecular weight excluding hydrogens is 496 g/mol. The summed E-state index contributed by atoms with van der Waals surface area (Å²) in [5.74, 6) is 0.935. The average Bonchev–Trinajstić information content (AvgIpc) is 3.32. The highest BCUT2D eigenvalue weighted by molar-refractivity contribution is 9.10. The second-order valence-corrected chi connectivity index (χ2v) is 10.1.